The number of alkyl halides is 12. The van der Waals surface area contributed by atoms with Gasteiger partial charge in [0.15, 0.2) is 0 Å². The largest absolute Gasteiger partial charge is 0.472 e. The Hall–Kier alpha value is -0.730. The van der Waals surface area contributed by atoms with Crippen molar-refractivity contribution in [3.8, 4) is 0 Å². The zero-order chi connectivity index (χ0) is 19.9. The molecule has 2 atom stereocenters. The van der Waals surface area contributed by atoms with Gasteiger partial charge in [-0.3, -0.25) is 0 Å². The van der Waals surface area contributed by atoms with Crippen LogP contribution in [0.4, 0.5) is 52.7 Å². The average Bonchev–Trinajstić information content (AvgIpc) is 2.34. The van der Waals surface area contributed by atoms with Crippen molar-refractivity contribution in [2.24, 2.45) is 0 Å². The maximum atomic E-state index is 13.0. The van der Waals surface area contributed by atoms with Crippen LogP contribution in [0.2, 0.25) is 0 Å². The highest BCUT2D eigenvalue weighted by Crippen LogP contribution is 2.57. The molecule has 0 aliphatic carbocycles. The number of phosphoric ester groups is 1. The van der Waals surface area contributed by atoms with Gasteiger partial charge in [0, 0.05) is 0 Å². The molecule has 2 unspecified atom stereocenters. The van der Waals surface area contributed by atoms with Crippen molar-refractivity contribution in [1.82, 2.24) is 0 Å². The number of phosphoric acid groups is 1. The first-order valence-electron chi connectivity index (χ1n) is 5.05. The summed E-state index contributed by atoms with van der Waals surface area (Å²) in [5.41, 5.74) is 0. The molecule has 2 N–H and O–H groups in total. The third-order valence-corrected chi connectivity index (χ3v) is 2.77. The molecule has 0 aliphatic rings. The van der Waals surface area contributed by atoms with E-state index in [2.05, 4.69) is 4.52 Å². The van der Waals surface area contributed by atoms with Gasteiger partial charge in [-0.2, -0.15) is 35.1 Å². The molecule has 0 aliphatic heterocycles. The van der Waals surface area contributed by atoms with Crippen LogP contribution in [0, 0.1) is 0 Å². The lowest BCUT2D eigenvalue weighted by molar-refractivity contribution is -0.398. The van der Waals surface area contributed by atoms with Gasteiger partial charge in [-0.15, -0.1) is 0 Å². The van der Waals surface area contributed by atoms with Gasteiger partial charge in [-0.1, -0.05) is 0 Å². The number of rotatable bonds is 8. The van der Waals surface area contributed by atoms with E-state index in [1.807, 2.05) is 0 Å². The Morgan fingerprint density at radius 3 is 1.38 bits per heavy atom. The minimum atomic E-state index is -7.61. The highest BCUT2D eigenvalue weighted by molar-refractivity contribution is 7.46. The van der Waals surface area contributed by atoms with Crippen molar-refractivity contribution < 1.29 is 71.6 Å². The zero-order valence-electron chi connectivity index (χ0n) is 10.4. The van der Waals surface area contributed by atoms with Gasteiger partial charge in [0.05, 0.1) is 0 Å². The van der Waals surface area contributed by atoms with Gasteiger partial charge >= 0.3 is 31.5 Å². The molecule has 0 aromatic heterocycles. The molecule has 146 valence electrons. The molecular weight excluding hydrogens is 407 g/mol. The molecule has 0 rings (SSSR count). The van der Waals surface area contributed by atoms with Crippen LogP contribution >= 0.6 is 7.82 Å². The van der Waals surface area contributed by atoms with Crippen molar-refractivity contribution in [1.29, 1.82) is 0 Å². The summed E-state index contributed by atoms with van der Waals surface area (Å²) in [7, 11) is -6.33. The van der Waals surface area contributed by atoms with Gasteiger partial charge in [0.1, 0.15) is 0 Å². The Morgan fingerprint density at radius 1 is 0.750 bits per heavy atom. The van der Waals surface area contributed by atoms with E-state index in [0.717, 1.165) is 0 Å². The minimum absolute atomic E-state index is 2.35. The van der Waals surface area contributed by atoms with Crippen LogP contribution in [-0.4, -0.2) is 52.4 Å². The van der Waals surface area contributed by atoms with E-state index < -0.39 is 50.5 Å². The second kappa shape index (κ2) is 6.53. The molecule has 0 saturated carbocycles. The maximum Gasteiger partial charge on any atom is 0.472 e. The van der Waals surface area contributed by atoms with Crippen molar-refractivity contribution in [3.05, 3.63) is 0 Å². The Balaban J connectivity index is 5.96. The van der Waals surface area contributed by atoms with E-state index in [1.54, 1.807) is 0 Å². The SMILES string of the molecule is O=P(O)(O)OC(F)C(F)(F)C(F)(F)C(F)(F)C(F)(F)C(F)C(F)F. The molecule has 0 bridgehead atoms. The van der Waals surface area contributed by atoms with E-state index in [0.29, 0.717) is 0 Å². The minimum Gasteiger partial charge on any atom is -0.303 e. The molecule has 0 saturated heterocycles. The fraction of sp³-hybridized carbons (Fsp3) is 1.00. The topological polar surface area (TPSA) is 66.8 Å². The van der Waals surface area contributed by atoms with Crippen LogP contribution in [0.15, 0.2) is 0 Å². The lowest BCUT2D eigenvalue weighted by Crippen LogP contribution is -2.67. The summed E-state index contributed by atoms with van der Waals surface area (Å²) in [6, 6.07) is 0. The van der Waals surface area contributed by atoms with Gasteiger partial charge in [0.2, 0.25) is 6.17 Å². The maximum absolute atomic E-state index is 13.0. The molecule has 24 heavy (non-hydrogen) atoms. The fourth-order valence-electron chi connectivity index (χ4n) is 1.08. The average molecular weight is 412 g/mol. The van der Waals surface area contributed by atoms with Crippen molar-refractivity contribution in [2.45, 2.75) is 42.6 Å². The highest BCUT2D eigenvalue weighted by atomic mass is 31.2. The van der Waals surface area contributed by atoms with Crippen molar-refractivity contribution in [3.63, 3.8) is 0 Å². The van der Waals surface area contributed by atoms with Crippen LogP contribution < -0.4 is 0 Å². The van der Waals surface area contributed by atoms with Gasteiger partial charge in [-0.25, -0.2) is 26.7 Å². The van der Waals surface area contributed by atoms with Crippen LogP contribution in [0.1, 0.15) is 0 Å². The molecule has 17 heteroatoms. The molecular formula is C7H5F12O4P. The predicted octanol–water partition coefficient (Wildman–Crippen LogP) is 3.54. The van der Waals surface area contributed by atoms with E-state index in [9.17, 15) is 57.3 Å². The van der Waals surface area contributed by atoms with E-state index >= 15 is 0 Å². The molecule has 4 nitrogen and oxygen atoms in total. The molecule has 0 aromatic rings. The zero-order valence-corrected chi connectivity index (χ0v) is 11.3. The summed E-state index contributed by atoms with van der Waals surface area (Å²) in [5.74, 6) is -29.4. The van der Waals surface area contributed by atoms with E-state index in [1.165, 1.54) is 0 Å². The van der Waals surface area contributed by atoms with Crippen molar-refractivity contribution in [2.75, 3.05) is 0 Å². The fourth-order valence-corrected chi connectivity index (χ4v) is 1.45. The summed E-state index contributed by atoms with van der Waals surface area (Å²) in [6.07, 6.45) is -15.6. The first-order chi connectivity index (χ1) is 10.2. The van der Waals surface area contributed by atoms with E-state index in [4.69, 9.17) is 9.79 Å². The Bertz CT molecular complexity index is 490. The normalized spacial score (nSPS) is 18.0. The molecule has 0 radical (unpaired) electrons. The van der Waals surface area contributed by atoms with Crippen molar-refractivity contribution >= 4 is 7.82 Å². The van der Waals surface area contributed by atoms with Gasteiger partial charge in [0.25, 0.3) is 12.8 Å². The van der Waals surface area contributed by atoms with Crippen LogP contribution in [-0.2, 0) is 9.09 Å². The number of hydrogen-bond acceptors (Lipinski definition) is 2. The molecule has 0 fully saturated rings. The molecule has 0 heterocycles. The molecule has 0 amide bonds. The lowest BCUT2D eigenvalue weighted by Gasteiger charge is -2.38. The van der Waals surface area contributed by atoms with Gasteiger partial charge < -0.3 is 9.79 Å². The first-order valence-corrected chi connectivity index (χ1v) is 6.58. The van der Waals surface area contributed by atoms with E-state index in [-0.39, 0.29) is 0 Å². The second-order valence-corrected chi connectivity index (χ2v) is 5.23. The third kappa shape index (κ3) is 3.91. The predicted molar refractivity (Wildman–Crippen MR) is 48.7 cm³/mol. The highest BCUT2D eigenvalue weighted by Gasteiger charge is 2.85. The molecule has 0 aromatic carbocycles. The lowest BCUT2D eigenvalue weighted by atomic mass is 9.95. The second-order valence-electron chi connectivity index (χ2n) is 4.04. The Morgan fingerprint density at radius 2 is 1.08 bits per heavy atom. The van der Waals surface area contributed by atoms with Crippen LogP contribution in [0.25, 0.3) is 0 Å². The quantitative estimate of drug-likeness (QED) is 0.473. The Labute approximate surface area is 123 Å². The molecule has 0 spiro atoms. The summed E-state index contributed by atoms with van der Waals surface area (Å²) in [4.78, 5) is 15.8. The summed E-state index contributed by atoms with van der Waals surface area (Å²) in [6.45, 7) is 0. The number of hydrogen-bond donors (Lipinski definition) is 2. The summed E-state index contributed by atoms with van der Waals surface area (Å²) >= 11 is 0. The Kier molecular flexibility index (Phi) is 6.33. The monoisotopic (exact) mass is 412 g/mol. The summed E-state index contributed by atoms with van der Waals surface area (Å²) in [5, 5.41) is 0. The van der Waals surface area contributed by atoms with Crippen LogP contribution in [0.3, 0.4) is 0 Å². The van der Waals surface area contributed by atoms with Gasteiger partial charge in [-0.05, 0) is 0 Å². The van der Waals surface area contributed by atoms with Crippen LogP contribution in [0.5, 0.6) is 0 Å². The standard InChI is InChI=1S/C7H5F12O4P/c8-1(2(9)10)4(12,13)6(16,17)7(18,19)5(14,15)3(11)23-24(20,21)22/h1-3H,(H2,20,21,22). The summed E-state index contributed by atoms with van der Waals surface area (Å²) < 4.78 is 164. The number of halogens is 12. The third-order valence-electron chi connectivity index (χ3n) is 2.31. The smallest absolute Gasteiger partial charge is 0.303 e. The first kappa shape index (κ1) is 23.3.